The number of anilines is 1. The molecule has 0 aliphatic rings. The normalized spacial score (nSPS) is 10.8. The van der Waals surface area contributed by atoms with Crippen LogP contribution in [-0.4, -0.2) is 25.4 Å². The zero-order valence-corrected chi connectivity index (χ0v) is 8.96. The van der Waals surface area contributed by atoms with Crippen molar-refractivity contribution < 1.29 is 0 Å². The first kappa shape index (κ1) is 9.71. The van der Waals surface area contributed by atoms with Gasteiger partial charge in [-0.25, -0.2) is 4.98 Å². The molecule has 3 aromatic rings. The number of benzene rings is 1. The molecule has 0 saturated heterocycles. The number of fused-ring (bicyclic) bond motifs is 1. The fraction of sp³-hybridized carbons (Fsp3) is 0.0909. The molecule has 84 valence electrons. The van der Waals surface area contributed by atoms with E-state index < -0.39 is 0 Å². The second kappa shape index (κ2) is 3.82. The number of hydrogen-bond acceptors (Lipinski definition) is 5. The molecule has 2 heterocycles. The molecule has 6 nitrogen and oxygen atoms in total. The highest BCUT2D eigenvalue weighted by atomic mass is 15.3. The van der Waals surface area contributed by atoms with E-state index >= 15 is 0 Å². The largest absolute Gasteiger partial charge is 0.368 e. The molecule has 0 spiro atoms. The number of H-pyrrole nitrogens is 1. The highest BCUT2D eigenvalue weighted by Gasteiger charge is 2.10. The Balaban J connectivity index is 2.08. The lowest BCUT2D eigenvalue weighted by Crippen LogP contribution is -2.01. The molecule has 1 aromatic carbocycles. The van der Waals surface area contributed by atoms with Crippen LogP contribution in [0.2, 0.25) is 0 Å². The molecule has 3 rings (SSSR count). The first-order chi connectivity index (χ1) is 8.33. The molecular formula is C11H10N6. The Labute approximate surface area is 96.9 Å². The van der Waals surface area contributed by atoms with Crippen LogP contribution in [0.1, 0.15) is 11.3 Å². The summed E-state index contributed by atoms with van der Waals surface area (Å²) < 4.78 is 0. The Morgan fingerprint density at radius 1 is 1.06 bits per heavy atom. The van der Waals surface area contributed by atoms with Gasteiger partial charge in [0.1, 0.15) is 0 Å². The van der Waals surface area contributed by atoms with Gasteiger partial charge in [0.05, 0.1) is 5.69 Å². The first-order valence-electron chi connectivity index (χ1n) is 5.20. The molecular weight excluding hydrogens is 216 g/mol. The first-order valence-corrected chi connectivity index (χ1v) is 5.20. The summed E-state index contributed by atoms with van der Waals surface area (Å²) in [4.78, 5) is 8.21. The van der Waals surface area contributed by atoms with Crippen molar-refractivity contribution in [2.24, 2.45) is 0 Å². The van der Waals surface area contributed by atoms with Crippen molar-refractivity contribution in [2.75, 3.05) is 5.73 Å². The van der Waals surface area contributed by atoms with Gasteiger partial charge in [0.2, 0.25) is 11.6 Å². The minimum atomic E-state index is 0.220. The van der Waals surface area contributed by atoms with Crippen LogP contribution in [0.4, 0.5) is 5.95 Å². The molecule has 0 atom stereocenters. The lowest BCUT2D eigenvalue weighted by molar-refractivity contribution is 0.952. The maximum absolute atomic E-state index is 5.63. The zero-order chi connectivity index (χ0) is 11.7. The molecule has 17 heavy (non-hydrogen) atoms. The quantitative estimate of drug-likeness (QED) is 0.677. The van der Waals surface area contributed by atoms with Crippen LogP contribution >= 0.6 is 0 Å². The summed E-state index contributed by atoms with van der Waals surface area (Å²) in [6, 6.07) is 10.0. The third-order valence-electron chi connectivity index (χ3n) is 2.49. The molecule has 0 bridgehead atoms. The fourth-order valence-electron chi connectivity index (χ4n) is 1.73. The lowest BCUT2D eigenvalue weighted by atomic mass is 10.1. The van der Waals surface area contributed by atoms with Crippen molar-refractivity contribution >= 4 is 17.1 Å². The Kier molecular flexibility index (Phi) is 2.18. The second-order valence-corrected chi connectivity index (χ2v) is 3.69. The minimum Gasteiger partial charge on any atom is -0.368 e. The number of nitrogens with one attached hydrogen (secondary N) is 1. The second-order valence-electron chi connectivity index (χ2n) is 3.69. The smallest absolute Gasteiger partial charge is 0.222 e. The van der Waals surface area contributed by atoms with Crippen LogP contribution in [0.5, 0.6) is 0 Å². The SMILES string of the molecule is Nc1nc(Cc2ccccc2)c2n[nH]nc2n1. The molecule has 0 aliphatic carbocycles. The van der Waals surface area contributed by atoms with Gasteiger partial charge in [-0.3, -0.25) is 0 Å². The number of rotatable bonds is 2. The van der Waals surface area contributed by atoms with Gasteiger partial charge in [-0.2, -0.15) is 15.3 Å². The Morgan fingerprint density at radius 2 is 1.88 bits per heavy atom. The molecule has 3 N–H and O–H groups in total. The summed E-state index contributed by atoms with van der Waals surface area (Å²) >= 11 is 0. The van der Waals surface area contributed by atoms with Crippen LogP contribution in [0.15, 0.2) is 30.3 Å². The van der Waals surface area contributed by atoms with Gasteiger partial charge in [-0.15, -0.1) is 5.10 Å². The van der Waals surface area contributed by atoms with Crippen LogP contribution in [0, 0.1) is 0 Å². The topological polar surface area (TPSA) is 93.4 Å². The van der Waals surface area contributed by atoms with Gasteiger partial charge in [0.25, 0.3) is 0 Å². The van der Waals surface area contributed by atoms with Crippen molar-refractivity contribution in [3.63, 3.8) is 0 Å². The minimum absolute atomic E-state index is 0.220. The Hall–Kier alpha value is -2.50. The van der Waals surface area contributed by atoms with E-state index in [2.05, 4.69) is 25.4 Å². The fourth-order valence-corrected chi connectivity index (χ4v) is 1.73. The molecule has 2 aromatic heterocycles. The number of aromatic nitrogens is 5. The zero-order valence-electron chi connectivity index (χ0n) is 8.96. The van der Waals surface area contributed by atoms with E-state index in [1.807, 2.05) is 30.3 Å². The third-order valence-corrected chi connectivity index (χ3v) is 2.49. The van der Waals surface area contributed by atoms with Crippen molar-refractivity contribution in [1.82, 2.24) is 25.4 Å². The summed E-state index contributed by atoms with van der Waals surface area (Å²) in [5, 5.41) is 10.5. The summed E-state index contributed by atoms with van der Waals surface area (Å²) in [5.41, 5.74) is 8.74. The van der Waals surface area contributed by atoms with Crippen molar-refractivity contribution in [3.8, 4) is 0 Å². The van der Waals surface area contributed by atoms with E-state index in [1.54, 1.807) is 0 Å². The molecule has 0 aliphatic heterocycles. The lowest BCUT2D eigenvalue weighted by Gasteiger charge is -2.01. The monoisotopic (exact) mass is 226 g/mol. The van der Waals surface area contributed by atoms with E-state index in [0.29, 0.717) is 17.6 Å². The highest BCUT2D eigenvalue weighted by molar-refractivity contribution is 5.73. The van der Waals surface area contributed by atoms with Gasteiger partial charge in [-0.05, 0) is 5.56 Å². The Morgan fingerprint density at radius 3 is 2.71 bits per heavy atom. The maximum atomic E-state index is 5.63. The predicted octanol–water partition coefficient (Wildman–Crippen LogP) is 0.921. The van der Waals surface area contributed by atoms with E-state index in [1.165, 1.54) is 0 Å². The molecule has 0 saturated carbocycles. The third kappa shape index (κ3) is 1.80. The van der Waals surface area contributed by atoms with Gasteiger partial charge in [0, 0.05) is 6.42 Å². The molecule has 0 fully saturated rings. The molecule has 6 heteroatoms. The van der Waals surface area contributed by atoms with Crippen LogP contribution in [0.3, 0.4) is 0 Å². The Bertz CT molecular complexity index is 645. The standard InChI is InChI=1S/C11H10N6/c12-11-13-8(6-7-4-2-1-3-5-7)9-10(14-11)16-17-15-9/h1-5H,6H2,(H3,12,13,14,15,16,17). The summed E-state index contributed by atoms with van der Waals surface area (Å²) in [7, 11) is 0. The van der Waals surface area contributed by atoms with Gasteiger partial charge < -0.3 is 5.73 Å². The number of nitrogen functional groups attached to an aromatic ring is 1. The average molecular weight is 226 g/mol. The summed E-state index contributed by atoms with van der Waals surface area (Å²) in [6.07, 6.45) is 0.663. The van der Waals surface area contributed by atoms with Crippen LogP contribution in [-0.2, 0) is 6.42 Å². The van der Waals surface area contributed by atoms with E-state index in [0.717, 1.165) is 11.3 Å². The van der Waals surface area contributed by atoms with Gasteiger partial charge >= 0.3 is 0 Å². The highest BCUT2D eigenvalue weighted by Crippen LogP contribution is 2.15. The maximum Gasteiger partial charge on any atom is 0.222 e. The summed E-state index contributed by atoms with van der Waals surface area (Å²) in [5.74, 6) is 0.220. The number of aromatic amines is 1. The van der Waals surface area contributed by atoms with E-state index in [-0.39, 0.29) is 5.95 Å². The van der Waals surface area contributed by atoms with Gasteiger partial charge in [-0.1, -0.05) is 30.3 Å². The summed E-state index contributed by atoms with van der Waals surface area (Å²) in [6.45, 7) is 0. The van der Waals surface area contributed by atoms with E-state index in [9.17, 15) is 0 Å². The van der Waals surface area contributed by atoms with Crippen molar-refractivity contribution in [1.29, 1.82) is 0 Å². The number of nitrogens with zero attached hydrogens (tertiary/aromatic N) is 4. The average Bonchev–Trinajstić information content (AvgIpc) is 2.78. The van der Waals surface area contributed by atoms with Gasteiger partial charge in [0.15, 0.2) is 5.52 Å². The number of nitrogens with two attached hydrogens (primary N) is 1. The van der Waals surface area contributed by atoms with E-state index in [4.69, 9.17) is 5.73 Å². The molecule has 0 unspecified atom stereocenters. The molecule has 0 radical (unpaired) electrons. The number of hydrogen-bond donors (Lipinski definition) is 2. The molecule has 0 amide bonds. The van der Waals surface area contributed by atoms with Crippen LogP contribution < -0.4 is 5.73 Å². The van der Waals surface area contributed by atoms with Crippen LogP contribution in [0.25, 0.3) is 11.2 Å². The van der Waals surface area contributed by atoms with Crippen molar-refractivity contribution in [2.45, 2.75) is 6.42 Å². The van der Waals surface area contributed by atoms with Crippen molar-refractivity contribution in [3.05, 3.63) is 41.6 Å². The predicted molar refractivity (Wildman–Crippen MR) is 63.1 cm³/mol.